The summed E-state index contributed by atoms with van der Waals surface area (Å²) >= 11 is 0. The highest BCUT2D eigenvalue weighted by Gasteiger charge is 2.21. The Balaban J connectivity index is 1.38. The fourth-order valence-corrected chi connectivity index (χ4v) is 2.57. The number of nitrogens with one attached hydrogen (secondary N) is 1. The highest BCUT2D eigenvalue weighted by molar-refractivity contribution is 5.19. The van der Waals surface area contributed by atoms with Gasteiger partial charge in [-0.1, -0.05) is 19.3 Å². The first kappa shape index (κ1) is 13.2. The van der Waals surface area contributed by atoms with Crippen molar-refractivity contribution in [2.45, 2.75) is 64.6 Å². The molecule has 0 aromatic carbocycles. The summed E-state index contributed by atoms with van der Waals surface area (Å²) in [5.74, 6) is 2.97. The molecule has 0 amide bonds. The zero-order valence-electron chi connectivity index (χ0n) is 11.9. The second-order valence-corrected chi connectivity index (χ2v) is 6.11. The summed E-state index contributed by atoms with van der Waals surface area (Å²) in [6.07, 6.45) is 8.07. The van der Waals surface area contributed by atoms with Gasteiger partial charge in [-0.3, -0.25) is 0 Å². The molecule has 1 N–H and O–H groups in total. The van der Waals surface area contributed by atoms with Crippen LogP contribution in [0.2, 0.25) is 0 Å². The summed E-state index contributed by atoms with van der Waals surface area (Å²) in [7, 11) is 0. The first-order chi connectivity index (χ1) is 9.31. The van der Waals surface area contributed by atoms with Gasteiger partial charge in [-0.2, -0.15) is 0 Å². The first-order valence-corrected chi connectivity index (χ1v) is 7.70. The van der Waals surface area contributed by atoms with Gasteiger partial charge in [0.15, 0.2) is 0 Å². The average Bonchev–Trinajstić information content (AvgIpc) is 3.09. The van der Waals surface area contributed by atoms with Crippen LogP contribution in [0.4, 0.5) is 0 Å². The number of hydrogen-bond acceptors (Lipinski definition) is 3. The smallest absolute Gasteiger partial charge is 0.130 e. The van der Waals surface area contributed by atoms with E-state index < -0.39 is 0 Å². The van der Waals surface area contributed by atoms with Crippen molar-refractivity contribution in [2.24, 2.45) is 5.92 Å². The molecular weight excluding hydrogens is 238 g/mol. The lowest BCUT2D eigenvalue weighted by molar-refractivity contribution is 0.0829. The van der Waals surface area contributed by atoms with E-state index in [1.807, 2.05) is 0 Å². The van der Waals surface area contributed by atoms with Gasteiger partial charge in [-0.25, -0.2) is 0 Å². The largest absolute Gasteiger partial charge is 0.462 e. The van der Waals surface area contributed by atoms with Crippen molar-refractivity contribution >= 4 is 0 Å². The van der Waals surface area contributed by atoms with Crippen LogP contribution in [-0.4, -0.2) is 12.6 Å². The van der Waals surface area contributed by atoms with Crippen molar-refractivity contribution in [1.82, 2.24) is 5.32 Å². The number of rotatable bonds is 8. The zero-order chi connectivity index (χ0) is 13.1. The third-order valence-electron chi connectivity index (χ3n) is 4.34. The molecule has 0 spiro atoms. The number of hydrogen-bond donors (Lipinski definition) is 1. The molecule has 2 aliphatic rings. The quantitative estimate of drug-likeness (QED) is 0.728. The molecule has 0 saturated heterocycles. The highest BCUT2D eigenvalue weighted by atomic mass is 16.5. The summed E-state index contributed by atoms with van der Waals surface area (Å²) in [6.45, 7) is 4.47. The maximum absolute atomic E-state index is 5.85. The van der Waals surface area contributed by atoms with Crippen LogP contribution in [0.25, 0.3) is 0 Å². The Hall–Kier alpha value is -0.800. The normalized spacial score (nSPS) is 19.6. The van der Waals surface area contributed by atoms with Gasteiger partial charge in [0, 0.05) is 12.6 Å². The molecular formula is C16H25NO2. The third kappa shape index (κ3) is 3.83. The summed E-state index contributed by atoms with van der Waals surface area (Å²) in [6, 6.07) is 2.85. The lowest BCUT2D eigenvalue weighted by atomic mass is 9.83. The second-order valence-electron chi connectivity index (χ2n) is 6.11. The van der Waals surface area contributed by atoms with E-state index in [2.05, 4.69) is 18.3 Å². The van der Waals surface area contributed by atoms with Gasteiger partial charge in [-0.05, 0) is 43.7 Å². The third-order valence-corrected chi connectivity index (χ3v) is 4.34. The Labute approximate surface area is 115 Å². The van der Waals surface area contributed by atoms with Crippen LogP contribution in [0, 0.1) is 12.8 Å². The van der Waals surface area contributed by atoms with Gasteiger partial charge in [0.1, 0.15) is 18.1 Å². The Morgan fingerprint density at radius 3 is 2.84 bits per heavy atom. The van der Waals surface area contributed by atoms with E-state index in [9.17, 15) is 0 Å². The van der Waals surface area contributed by atoms with E-state index in [0.717, 1.165) is 36.6 Å². The maximum atomic E-state index is 5.85. The van der Waals surface area contributed by atoms with E-state index in [-0.39, 0.29) is 0 Å². The lowest BCUT2D eigenvalue weighted by Crippen LogP contribution is -2.15. The highest BCUT2D eigenvalue weighted by Crippen LogP contribution is 2.29. The number of furan rings is 1. The van der Waals surface area contributed by atoms with Gasteiger partial charge < -0.3 is 14.5 Å². The Kier molecular flexibility index (Phi) is 4.24. The van der Waals surface area contributed by atoms with Crippen LogP contribution in [0.3, 0.4) is 0 Å². The van der Waals surface area contributed by atoms with Gasteiger partial charge in [0.25, 0.3) is 0 Å². The van der Waals surface area contributed by atoms with E-state index in [1.165, 1.54) is 44.1 Å². The SMILES string of the molecule is Cc1cc(COCCC2CCC2)oc1CNC1CC1. The molecule has 1 aromatic heterocycles. The minimum Gasteiger partial charge on any atom is -0.462 e. The second kappa shape index (κ2) is 6.10. The van der Waals surface area contributed by atoms with Crippen molar-refractivity contribution < 1.29 is 9.15 Å². The summed E-state index contributed by atoms with van der Waals surface area (Å²) < 4.78 is 11.6. The molecule has 1 heterocycles. The van der Waals surface area contributed by atoms with Crippen molar-refractivity contribution in [3.8, 4) is 0 Å². The number of ether oxygens (including phenoxy) is 1. The summed E-state index contributed by atoms with van der Waals surface area (Å²) in [5.41, 5.74) is 1.24. The van der Waals surface area contributed by atoms with E-state index in [0.29, 0.717) is 6.61 Å². The molecule has 2 aliphatic carbocycles. The van der Waals surface area contributed by atoms with Crippen LogP contribution >= 0.6 is 0 Å². The zero-order valence-corrected chi connectivity index (χ0v) is 11.9. The summed E-state index contributed by atoms with van der Waals surface area (Å²) in [4.78, 5) is 0. The molecule has 19 heavy (non-hydrogen) atoms. The van der Waals surface area contributed by atoms with E-state index in [1.54, 1.807) is 0 Å². The molecule has 3 heteroatoms. The molecule has 0 bridgehead atoms. The van der Waals surface area contributed by atoms with Crippen LogP contribution < -0.4 is 5.32 Å². The molecule has 3 rings (SSSR count). The van der Waals surface area contributed by atoms with Crippen molar-refractivity contribution in [3.63, 3.8) is 0 Å². The molecule has 0 aliphatic heterocycles. The standard InChI is InChI=1S/C16H25NO2/c1-12-9-15(11-18-8-7-13-3-2-4-13)19-16(12)10-17-14-5-6-14/h9,13-14,17H,2-8,10-11H2,1H3. The Morgan fingerprint density at radius 1 is 1.32 bits per heavy atom. The molecule has 106 valence electrons. The molecule has 0 radical (unpaired) electrons. The monoisotopic (exact) mass is 263 g/mol. The van der Waals surface area contributed by atoms with Crippen molar-refractivity contribution in [2.75, 3.05) is 6.61 Å². The van der Waals surface area contributed by atoms with E-state index >= 15 is 0 Å². The molecule has 2 saturated carbocycles. The fraction of sp³-hybridized carbons (Fsp3) is 0.750. The Bertz CT molecular complexity index is 405. The predicted octanol–water partition coefficient (Wildman–Crippen LogP) is 3.55. The molecule has 1 aromatic rings. The molecule has 2 fully saturated rings. The van der Waals surface area contributed by atoms with Crippen LogP contribution in [-0.2, 0) is 17.9 Å². The predicted molar refractivity (Wildman–Crippen MR) is 74.9 cm³/mol. The topological polar surface area (TPSA) is 34.4 Å². The van der Waals surface area contributed by atoms with Gasteiger partial charge >= 0.3 is 0 Å². The van der Waals surface area contributed by atoms with Gasteiger partial charge in [0.05, 0.1) is 6.54 Å². The summed E-state index contributed by atoms with van der Waals surface area (Å²) in [5, 5.41) is 3.49. The van der Waals surface area contributed by atoms with Crippen molar-refractivity contribution in [3.05, 3.63) is 23.2 Å². The fourth-order valence-electron chi connectivity index (χ4n) is 2.57. The van der Waals surface area contributed by atoms with Crippen molar-refractivity contribution in [1.29, 1.82) is 0 Å². The average molecular weight is 263 g/mol. The number of aryl methyl sites for hydroxylation is 1. The lowest BCUT2D eigenvalue weighted by Gasteiger charge is -2.24. The minimum absolute atomic E-state index is 0.622. The van der Waals surface area contributed by atoms with E-state index in [4.69, 9.17) is 9.15 Å². The molecule has 0 atom stereocenters. The van der Waals surface area contributed by atoms with Gasteiger partial charge in [-0.15, -0.1) is 0 Å². The first-order valence-electron chi connectivity index (χ1n) is 7.70. The van der Waals surface area contributed by atoms with Crippen LogP contribution in [0.5, 0.6) is 0 Å². The molecule has 0 unspecified atom stereocenters. The minimum atomic E-state index is 0.622. The maximum Gasteiger partial charge on any atom is 0.130 e. The van der Waals surface area contributed by atoms with Crippen LogP contribution in [0.15, 0.2) is 10.5 Å². The molecule has 3 nitrogen and oxygen atoms in total. The van der Waals surface area contributed by atoms with Crippen LogP contribution in [0.1, 0.15) is 55.6 Å². The van der Waals surface area contributed by atoms with Gasteiger partial charge in [0.2, 0.25) is 0 Å². The Morgan fingerprint density at radius 2 is 2.16 bits per heavy atom.